The fourth-order valence-corrected chi connectivity index (χ4v) is 4.25. The summed E-state index contributed by atoms with van der Waals surface area (Å²) in [7, 11) is 3.16. The molecule has 8 nitrogen and oxygen atoms in total. The Balaban J connectivity index is 1.52. The van der Waals surface area contributed by atoms with E-state index in [4.69, 9.17) is 18.7 Å². The maximum absolute atomic E-state index is 13.4. The number of hydrogen-bond acceptors (Lipinski definition) is 7. The molecule has 1 atom stereocenters. The van der Waals surface area contributed by atoms with Gasteiger partial charge in [-0.2, -0.15) is 0 Å². The standard InChI is InChI=1S/C23H28N2O6/c1-4-30-21(26)16-6-5-11-25(14-16)22(27)23(9-10-23)20-13-18(31-24-20)15-7-8-17(28-2)19(12-15)29-3/h7-8,12-13,16H,4-6,9-11,14H2,1-3H3. The van der Waals surface area contributed by atoms with Crippen LogP contribution in [0.3, 0.4) is 0 Å². The van der Waals surface area contributed by atoms with Crippen LogP contribution in [0.25, 0.3) is 11.3 Å². The molecule has 1 amide bonds. The molecule has 1 aliphatic heterocycles. The number of rotatable bonds is 7. The van der Waals surface area contributed by atoms with E-state index in [2.05, 4.69) is 5.16 Å². The minimum atomic E-state index is -0.658. The number of likely N-dealkylation sites (tertiary alicyclic amines) is 1. The molecule has 1 unspecified atom stereocenters. The van der Waals surface area contributed by atoms with E-state index in [0.717, 1.165) is 31.2 Å². The van der Waals surface area contributed by atoms with Crippen LogP contribution in [0.2, 0.25) is 0 Å². The van der Waals surface area contributed by atoms with E-state index in [0.29, 0.717) is 42.6 Å². The molecule has 1 aliphatic carbocycles. The van der Waals surface area contributed by atoms with Gasteiger partial charge in [-0.05, 0) is 50.8 Å². The summed E-state index contributed by atoms with van der Waals surface area (Å²) in [5.41, 5.74) is 0.773. The molecule has 1 saturated heterocycles. The first-order chi connectivity index (χ1) is 15.0. The lowest BCUT2D eigenvalue weighted by molar-refractivity contribution is -0.151. The molecule has 31 heavy (non-hydrogen) atoms. The lowest BCUT2D eigenvalue weighted by atomic mass is 9.94. The SMILES string of the molecule is CCOC(=O)C1CCCN(C(=O)C2(c3cc(-c4ccc(OC)c(OC)c4)on3)CC2)C1. The zero-order valence-electron chi connectivity index (χ0n) is 18.2. The number of esters is 1. The highest BCUT2D eigenvalue weighted by Crippen LogP contribution is 2.50. The third-order valence-electron chi connectivity index (χ3n) is 6.16. The molecule has 1 saturated carbocycles. The number of carbonyl (C=O) groups excluding carboxylic acids is 2. The van der Waals surface area contributed by atoms with Crippen LogP contribution in [0.15, 0.2) is 28.8 Å². The maximum Gasteiger partial charge on any atom is 0.310 e. The van der Waals surface area contributed by atoms with Gasteiger partial charge in [0.25, 0.3) is 0 Å². The van der Waals surface area contributed by atoms with Gasteiger partial charge in [0.15, 0.2) is 17.3 Å². The van der Waals surface area contributed by atoms with Gasteiger partial charge in [0, 0.05) is 24.7 Å². The molecule has 0 radical (unpaired) electrons. The molecular formula is C23H28N2O6. The Morgan fingerprint density at radius 2 is 1.97 bits per heavy atom. The van der Waals surface area contributed by atoms with Crippen molar-refractivity contribution in [1.82, 2.24) is 10.1 Å². The van der Waals surface area contributed by atoms with Crippen LogP contribution in [0.1, 0.15) is 38.3 Å². The highest BCUT2D eigenvalue weighted by molar-refractivity contribution is 5.91. The fraction of sp³-hybridized carbons (Fsp3) is 0.522. The average Bonchev–Trinajstić information content (AvgIpc) is 3.47. The van der Waals surface area contributed by atoms with Gasteiger partial charge in [-0.3, -0.25) is 9.59 Å². The number of carbonyl (C=O) groups is 2. The molecule has 0 bridgehead atoms. The van der Waals surface area contributed by atoms with Crippen molar-refractivity contribution in [2.24, 2.45) is 5.92 Å². The lowest BCUT2D eigenvalue weighted by Crippen LogP contribution is -2.47. The second kappa shape index (κ2) is 8.61. The average molecular weight is 428 g/mol. The van der Waals surface area contributed by atoms with Crippen molar-refractivity contribution in [2.45, 2.75) is 38.0 Å². The number of methoxy groups -OCH3 is 2. The van der Waals surface area contributed by atoms with E-state index >= 15 is 0 Å². The molecule has 2 fully saturated rings. The summed E-state index contributed by atoms with van der Waals surface area (Å²) in [4.78, 5) is 27.3. The number of aromatic nitrogens is 1. The first kappa shape index (κ1) is 21.2. The number of nitrogens with zero attached hydrogens (tertiary/aromatic N) is 2. The Labute approximate surface area is 181 Å². The second-order valence-corrected chi connectivity index (χ2v) is 8.07. The number of ether oxygens (including phenoxy) is 3. The van der Waals surface area contributed by atoms with Crippen molar-refractivity contribution in [3.63, 3.8) is 0 Å². The lowest BCUT2D eigenvalue weighted by Gasteiger charge is -2.33. The Kier molecular flexibility index (Phi) is 5.89. The summed E-state index contributed by atoms with van der Waals surface area (Å²) in [6.07, 6.45) is 3.00. The van der Waals surface area contributed by atoms with Crippen LogP contribution in [0.5, 0.6) is 11.5 Å². The molecule has 1 aromatic carbocycles. The van der Waals surface area contributed by atoms with Crippen molar-refractivity contribution in [3.05, 3.63) is 30.0 Å². The molecule has 1 aromatic heterocycles. The van der Waals surface area contributed by atoms with E-state index in [-0.39, 0.29) is 17.8 Å². The highest BCUT2D eigenvalue weighted by Gasteiger charge is 2.56. The zero-order chi connectivity index (χ0) is 22.0. The topological polar surface area (TPSA) is 91.1 Å². The minimum absolute atomic E-state index is 0.0219. The van der Waals surface area contributed by atoms with E-state index in [9.17, 15) is 9.59 Å². The zero-order valence-corrected chi connectivity index (χ0v) is 18.2. The van der Waals surface area contributed by atoms with Crippen molar-refractivity contribution >= 4 is 11.9 Å². The number of hydrogen-bond donors (Lipinski definition) is 0. The maximum atomic E-state index is 13.4. The fourth-order valence-electron chi connectivity index (χ4n) is 4.25. The van der Waals surface area contributed by atoms with Gasteiger partial charge in [0.2, 0.25) is 5.91 Å². The first-order valence-electron chi connectivity index (χ1n) is 10.7. The third-order valence-corrected chi connectivity index (χ3v) is 6.16. The van der Waals surface area contributed by atoms with Crippen LogP contribution in [0, 0.1) is 5.92 Å². The van der Waals surface area contributed by atoms with E-state index in [1.807, 2.05) is 18.2 Å². The van der Waals surface area contributed by atoms with Crippen molar-refractivity contribution in [1.29, 1.82) is 0 Å². The molecule has 2 aliphatic rings. The number of piperidine rings is 1. The van der Waals surface area contributed by atoms with Gasteiger partial charge in [0.1, 0.15) is 0 Å². The summed E-state index contributed by atoms with van der Waals surface area (Å²) in [5, 5.41) is 4.24. The Hall–Kier alpha value is -3.03. The molecule has 8 heteroatoms. The molecule has 0 spiro atoms. The largest absolute Gasteiger partial charge is 0.493 e. The van der Waals surface area contributed by atoms with Crippen LogP contribution in [0.4, 0.5) is 0 Å². The quantitative estimate of drug-likeness (QED) is 0.626. The monoisotopic (exact) mass is 428 g/mol. The van der Waals surface area contributed by atoms with Crippen molar-refractivity contribution in [2.75, 3.05) is 33.9 Å². The van der Waals surface area contributed by atoms with Crippen LogP contribution in [-0.2, 0) is 19.7 Å². The van der Waals surface area contributed by atoms with Crippen molar-refractivity contribution < 1.29 is 28.3 Å². The second-order valence-electron chi connectivity index (χ2n) is 8.07. The van der Waals surface area contributed by atoms with Gasteiger partial charge < -0.3 is 23.6 Å². The minimum Gasteiger partial charge on any atom is -0.493 e. The Morgan fingerprint density at radius 3 is 2.65 bits per heavy atom. The predicted octanol–water partition coefficient (Wildman–Crippen LogP) is 3.19. The molecular weight excluding hydrogens is 400 g/mol. The number of amides is 1. The van der Waals surface area contributed by atoms with Gasteiger partial charge >= 0.3 is 5.97 Å². The number of benzene rings is 1. The predicted molar refractivity (Wildman–Crippen MR) is 112 cm³/mol. The van der Waals surface area contributed by atoms with Gasteiger partial charge in [-0.15, -0.1) is 0 Å². The highest BCUT2D eigenvalue weighted by atomic mass is 16.5. The molecule has 2 heterocycles. The summed E-state index contributed by atoms with van der Waals surface area (Å²) in [5.74, 6) is 1.33. The molecule has 166 valence electrons. The van der Waals surface area contributed by atoms with Crippen LogP contribution < -0.4 is 9.47 Å². The normalized spacial score (nSPS) is 19.6. The summed E-state index contributed by atoms with van der Waals surface area (Å²) in [6.45, 7) is 3.20. The van der Waals surface area contributed by atoms with Crippen LogP contribution >= 0.6 is 0 Å². The van der Waals surface area contributed by atoms with E-state index in [1.165, 1.54) is 0 Å². The van der Waals surface area contributed by atoms with Gasteiger partial charge in [-0.25, -0.2) is 0 Å². The summed E-state index contributed by atoms with van der Waals surface area (Å²) in [6, 6.07) is 7.32. The molecule has 2 aromatic rings. The third kappa shape index (κ3) is 3.98. The first-order valence-corrected chi connectivity index (χ1v) is 10.7. The van der Waals surface area contributed by atoms with E-state index in [1.54, 1.807) is 32.1 Å². The molecule has 4 rings (SSSR count). The van der Waals surface area contributed by atoms with Gasteiger partial charge in [0.05, 0.1) is 37.9 Å². The van der Waals surface area contributed by atoms with Gasteiger partial charge in [-0.1, -0.05) is 5.16 Å². The Bertz CT molecular complexity index is 965. The van der Waals surface area contributed by atoms with Crippen molar-refractivity contribution in [3.8, 4) is 22.8 Å². The molecule has 0 N–H and O–H groups in total. The summed E-state index contributed by atoms with van der Waals surface area (Å²) >= 11 is 0. The Morgan fingerprint density at radius 1 is 1.19 bits per heavy atom. The smallest absolute Gasteiger partial charge is 0.310 e. The van der Waals surface area contributed by atoms with Crippen LogP contribution in [-0.4, -0.2) is 55.8 Å². The van der Waals surface area contributed by atoms with E-state index < -0.39 is 5.41 Å². The summed E-state index contributed by atoms with van der Waals surface area (Å²) < 4.78 is 21.4.